The van der Waals surface area contributed by atoms with Crippen LogP contribution in [0, 0.1) is 0 Å². The van der Waals surface area contributed by atoms with Crippen LogP contribution in [0.25, 0.3) is 0 Å². The fourth-order valence-corrected chi connectivity index (χ4v) is 1.15. The van der Waals surface area contributed by atoms with Crippen LogP contribution in [0.1, 0.15) is 32.1 Å². The van der Waals surface area contributed by atoms with Gasteiger partial charge in [0.1, 0.15) is 5.76 Å². The van der Waals surface area contributed by atoms with E-state index in [4.69, 9.17) is 9.52 Å². The summed E-state index contributed by atoms with van der Waals surface area (Å²) in [6.45, 7) is 4.64. The summed E-state index contributed by atoms with van der Waals surface area (Å²) in [4.78, 5) is 0. The van der Waals surface area contributed by atoms with Crippen molar-refractivity contribution in [3.05, 3.63) is 24.2 Å². The fraction of sp³-hybridized carbons (Fsp3) is 0.600. The Balaban J connectivity index is 2.22. The third kappa shape index (κ3) is 3.61. The summed E-state index contributed by atoms with van der Waals surface area (Å²) in [5.41, 5.74) is 0. The third-order valence-corrected chi connectivity index (χ3v) is 1.98. The van der Waals surface area contributed by atoms with Crippen LogP contribution in [0.3, 0.4) is 0 Å². The monoisotopic (exact) mass is 183 g/mol. The van der Waals surface area contributed by atoms with E-state index in [0.717, 1.165) is 18.7 Å². The lowest BCUT2D eigenvalue weighted by Crippen LogP contribution is -2.22. The van der Waals surface area contributed by atoms with Crippen molar-refractivity contribution in [2.24, 2.45) is 0 Å². The molecule has 0 aromatic carbocycles. The second-order valence-electron chi connectivity index (χ2n) is 3.33. The summed E-state index contributed by atoms with van der Waals surface area (Å²) in [5.74, 6) is 0.936. The van der Waals surface area contributed by atoms with E-state index in [0.29, 0.717) is 0 Å². The van der Waals surface area contributed by atoms with Gasteiger partial charge in [-0.1, -0.05) is 0 Å². The van der Waals surface area contributed by atoms with Crippen LogP contribution < -0.4 is 5.32 Å². The smallest absolute Gasteiger partial charge is 0.120 e. The molecule has 0 aliphatic heterocycles. The highest BCUT2D eigenvalue weighted by atomic mass is 16.3. The number of rotatable bonds is 5. The van der Waals surface area contributed by atoms with E-state index in [-0.39, 0.29) is 12.1 Å². The van der Waals surface area contributed by atoms with Gasteiger partial charge in [-0.2, -0.15) is 0 Å². The molecule has 0 aliphatic rings. The molecule has 0 bridgehead atoms. The van der Waals surface area contributed by atoms with Gasteiger partial charge in [0.25, 0.3) is 0 Å². The van der Waals surface area contributed by atoms with Crippen LogP contribution >= 0.6 is 0 Å². The van der Waals surface area contributed by atoms with E-state index in [1.54, 1.807) is 13.2 Å². The molecule has 1 aromatic rings. The fourth-order valence-electron chi connectivity index (χ4n) is 1.15. The minimum Gasteiger partial charge on any atom is -0.468 e. The topological polar surface area (TPSA) is 45.4 Å². The quantitative estimate of drug-likeness (QED) is 0.730. The average molecular weight is 183 g/mol. The second-order valence-corrected chi connectivity index (χ2v) is 3.33. The summed E-state index contributed by atoms with van der Waals surface area (Å²) in [6, 6.07) is 4.04. The Bertz CT molecular complexity index is 219. The lowest BCUT2D eigenvalue weighted by atomic mass is 10.2. The molecule has 2 N–H and O–H groups in total. The zero-order chi connectivity index (χ0) is 9.68. The normalized spacial score (nSPS) is 15.6. The first-order chi connectivity index (χ1) is 6.20. The van der Waals surface area contributed by atoms with Crippen molar-refractivity contribution in [2.45, 2.75) is 32.4 Å². The van der Waals surface area contributed by atoms with Crippen molar-refractivity contribution >= 4 is 0 Å². The first-order valence-electron chi connectivity index (χ1n) is 4.65. The molecule has 3 heteroatoms. The van der Waals surface area contributed by atoms with E-state index in [2.05, 4.69) is 5.32 Å². The summed E-state index contributed by atoms with van der Waals surface area (Å²) in [6.07, 6.45) is 2.20. The van der Waals surface area contributed by atoms with Crippen molar-refractivity contribution < 1.29 is 9.52 Å². The van der Waals surface area contributed by atoms with Gasteiger partial charge in [0.05, 0.1) is 18.4 Å². The Hall–Kier alpha value is -0.800. The van der Waals surface area contributed by atoms with Crippen molar-refractivity contribution in [1.29, 1.82) is 0 Å². The molecule has 1 rings (SSSR count). The zero-order valence-electron chi connectivity index (χ0n) is 8.16. The van der Waals surface area contributed by atoms with Gasteiger partial charge in [0.15, 0.2) is 0 Å². The Kier molecular flexibility index (Phi) is 3.99. The van der Waals surface area contributed by atoms with Gasteiger partial charge in [-0.15, -0.1) is 0 Å². The molecule has 0 saturated carbocycles. The number of hydrogen-bond donors (Lipinski definition) is 2. The number of aliphatic hydroxyl groups is 1. The van der Waals surface area contributed by atoms with Crippen LogP contribution in [0.4, 0.5) is 0 Å². The largest absolute Gasteiger partial charge is 0.468 e. The van der Waals surface area contributed by atoms with Gasteiger partial charge in [0, 0.05) is 0 Å². The standard InChI is InChI=1S/C10H17NO2/c1-8(12)5-6-11-9(2)10-4-3-7-13-10/h3-4,7-9,11-12H,5-6H2,1-2H3/t8-,9+/m0/s1. The summed E-state index contributed by atoms with van der Waals surface area (Å²) in [7, 11) is 0. The second kappa shape index (κ2) is 5.04. The highest BCUT2D eigenvalue weighted by Crippen LogP contribution is 2.11. The molecule has 74 valence electrons. The highest BCUT2D eigenvalue weighted by Gasteiger charge is 2.06. The number of nitrogens with one attached hydrogen (secondary N) is 1. The first kappa shape index (κ1) is 10.3. The molecule has 0 unspecified atom stereocenters. The molecule has 0 amide bonds. The number of hydrogen-bond acceptors (Lipinski definition) is 3. The Morgan fingerprint density at radius 1 is 1.54 bits per heavy atom. The maximum Gasteiger partial charge on any atom is 0.120 e. The lowest BCUT2D eigenvalue weighted by molar-refractivity contribution is 0.182. The molecule has 1 heterocycles. The molecular weight excluding hydrogens is 166 g/mol. The summed E-state index contributed by atoms with van der Waals surface area (Å²) >= 11 is 0. The molecular formula is C10H17NO2. The third-order valence-electron chi connectivity index (χ3n) is 1.98. The molecule has 3 nitrogen and oxygen atoms in total. The molecule has 0 radical (unpaired) electrons. The Morgan fingerprint density at radius 3 is 2.85 bits per heavy atom. The van der Waals surface area contributed by atoms with E-state index < -0.39 is 0 Å². The van der Waals surface area contributed by atoms with E-state index in [1.165, 1.54) is 0 Å². The number of aliphatic hydroxyl groups excluding tert-OH is 1. The minimum atomic E-state index is -0.240. The maximum absolute atomic E-state index is 9.03. The predicted molar refractivity (Wildman–Crippen MR) is 51.4 cm³/mol. The zero-order valence-corrected chi connectivity index (χ0v) is 8.16. The summed E-state index contributed by atoms with van der Waals surface area (Å²) < 4.78 is 5.23. The van der Waals surface area contributed by atoms with Gasteiger partial charge in [-0.25, -0.2) is 0 Å². The number of furan rings is 1. The molecule has 0 saturated heterocycles. The van der Waals surface area contributed by atoms with Crippen LogP contribution in [-0.4, -0.2) is 17.8 Å². The average Bonchev–Trinajstić information content (AvgIpc) is 2.55. The maximum atomic E-state index is 9.03. The van der Waals surface area contributed by atoms with E-state index in [1.807, 2.05) is 19.1 Å². The van der Waals surface area contributed by atoms with E-state index >= 15 is 0 Å². The van der Waals surface area contributed by atoms with Crippen molar-refractivity contribution in [3.63, 3.8) is 0 Å². The molecule has 0 fully saturated rings. The van der Waals surface area contributed by atoms with Crippen molar-refractivity contribution in [2.75, 3.05) is 6.54 Å². The highest BCUT2D eigenvalue weighted by molar-refractivity contribution is 5.02. The minimum absolute atomic E-state index is 0.216. The Labute approximate surface area is 78.8 Å². The molecule has 0 spiro atoms. The molecule has 0 aliphatic carbocycles. The molecule has 1 aromatic heterocycles. The van der Waals surface area contributed by atoms with Crippen LogP contribution in [0.2, 0.25) is 0 Å². The first-order valence-corrected chi connectivity index (χ1v) is 4.65. The lowest BCUT2D eigenvalue weighted by Gasteiger charge is -2.11. The van der Waals surface area contributed by atoms with Crippen molar-refractivity contribution in [3.8, 4) is 0 Å². The van der Waals surface area contributed by atoms with Crippen molar-refractivity contribution in [1.82, 2.24) is 5.32 Å². The molecule has 13 heavy (non-hydrogen) atoms. The summed E-state index contributed by atoms with van der Waals surface area (Å²) in [5, 5.41) is 12.3. The van der Waals surface area contributed by atoms with Crippen LogP contribution in [0.5, 0.6) is 0 Å². The molecule has 2 atom stereocenters. The van der Waals surface area contributed by atoms with Gasteiger partial charge in [-0.3, -0.25) is 0 Å². The van der Waals surface area contributed by atoms with E-state index in [9.17, 15) is 0 Å². The Morgan fingerprint density at radius 2 is 2.31 bits per heavy atom. The predicted octanol–water partition coefficient (Wildman–Crippen LogP) is 1.70. The SMILES string of the molecule is C[C@H](O)CCN[C@H](C)c1ccco1. The van der Waals surface area contributed by atoms with Gasteiger partial charge >= 0.3 is 0 Å². The van der Waals surface area contributed by atoms with Crippen LogP contribution in [-0.2, 0) is 0 Å². The van der Waals surface area contributed by atoms with Crippen LogP contribution in [0.15, 0.2) is 22.8 Å². The van der Waals surface area contributed by atoms with Gasteiger partial charge in [0.2, 0.25) is 0 Å². The van der Waals surface area contributed by atoms with Gasteiger partial charge in [-0.05, 0) is 38.9 Å². The van der Waals surface area contributed by atoms with Gasteiger partial charge < -0.3 is 14.8 Å².